The van der Waals surface area contributed by atoms with Gasteiger partial charge in [-0.15, -0.1) is 0 Å². The highest BCUT2D eigenvalue weighted by Gasteiger charge is 2.08. The lowest BCUT2D eigenvalue weighted by molar-refractivity contribution is -0.138. The smallest absolute Gasteiger partial charge is 0.357 e. The number of isothiocyanates is 1. The molecule has 0 heterocycles. The van der Waals surface area contributed by atoms with Gasteiger partial charge in [0.15, 0.2) is 5.70 Å². The van der Waals surface area contributed by atoms with Crippen molar-refractivity contribution in [3.05, 3.63) is 41.6 Å². The van der Waals surface area contributed by atoms with E-state index in [9.17, 15) is 4.79 Å². The highest BCUT2D eigenvalue weighted by molar-refractivity contribution is 7.78. The van der Waals surface area contributed by atoms with Crippen LogP contribution >= 0.6 is 12.2 Å². The molecular weight excluding hydrogens is 222 g/mol. The van der Waals surface area contributed by atoms with Crippen LogP contribution in [0.1, 0.15) is 12.5 Å². The summed E-state index contributed by atoms with van der Waals surface area (Å²) in [6.07, 6.45) is 1.61. The third-order valence-electron chi connectivity index (χ3n) is 1.75. The third-order valence-corrected chi connectivity index (χ3v) is 1.84. The standard InChI is InChI=1S/C12H11NO2S/c1-2-15-12(14)11(13-9-16)8-10-6-4-3-5-7-10/h3-8H,2H2,1H3. The molecule has 0 spiro atoms. The number of ether oxygens (including phenoxy) is 1. The topological polar surface area (TPSA) is 38.7 Å². The maximum atomic E-state index is 11.5. The molecule has 1 aromatic carbocycles. The molecule has 0 aromatic heterocycles. The molecule has 0 amide bonds. The Morgan fingerprint density at radius 1 is 1.50 bits per heavy atom. The molecule has 82 valence electrons. The van der Waals surface area contributed by atoms with Crippen molar-refractivity contribution < 1.29 is 9.53 Å². The van der Waals surface area contributed by atoms with Crippen molar-refractivity contribution in [2.75, 3.05) is 6.61 Å². The molecule has 0 saturated heterocycles. The number of thiocarbonyl (C=S) groups is 1. The number of carbonyl (C=O) groups is 1. The molecule has 0 radical (unpaired) electrons. The van der Waals surface area contributed by atoms with Crippen LogP contribution in [0.15, 0.2) is 41.0 Å². The average Bonchev–Trinajstić information content (AvgIpc) is 2.30. The van der Waals surface area contributed by atoms with Crippen LogP contribution < -0.4 is 0 Å². The van der Waals surface area contributed by atoms with Crippen LogP contribution in [0, 0.1) is 0 Å². The first-order valence-corrected chi connectivity index (χ1v) is 5.20. The predicted molar refractivity (Wildman–Crippen MR) is 66.1 cm³/mol. The van der Waals surface area contributed by atoms with E-state index in [0.717, 1.165) is 5.56 Å². The second-order valence-electron chi connectivity index (χ2n) is 2.86. The SMILES string of the molecule is CCOC(=O)C(=Cc1ccccc1)N=C=S. The highest BCUT2D eigenvalue weighted by Crippen LogP contribution is 2.08. The summed E-state index contributed by atoms with van der Waals surface area (Å²) in [5.74, 6) is -0.497. The molecule has 4 heteroatoms. The molecule has 1 rings (SSSR count). The fourth-order valence-corrected chi connectivity index (χ4v) is 1.20. The fraction of sp³-hybridized carbons (Fsp3) is 0.167. The highest BCUT2D eigenvalue weighted by atomic mass is 32.1. The molecular formula is C12H11NO2S. The monoisotopic (exact) mass is 233 g/mol. The maximum Gasteiger partial charge on any atom is 0.357 e. The van der Waals surface area contributed by atoms with Crippen LogP contribution in [0.25, 0.3) is 6.08 Å². The number of esters is 1. The van der Waals surface area contributed by atoms with Crippen molar-refractivity contribution in [2.45, 2.75) is 6.92 Å². The molecule has 0 atom stereocenters. The molecule has 3 nitrogen and oxygen atoms in total. The molecule has 0 aliphatic heterocycles. The number of carbonyl (C=O) groups excluding carboxylic acids is 1. The summed E-state index contributed by atoms with van der Waals surface area (Å²) in [6.45, 7) is 2.04. The molecule has 0 aliphatic rings. The van der Waals surface area contributed by atoms with Crippen molar-refractivity contribution in [2.24, 2.45) is 4.99 Å². The summed E-state index contributed by atoms with van der Waals surface area (Å²) >= 11 is 4.48. The van der Waals surface area contributed by atoms with Gasteiger partial charge >= 0.3 is 5.97 Å². The van der Waals surface area contributed by atoms with Crippen LogP contribution in [0.3, 0.4) is 0 Å². The average molecular weight is 233 g/mol. The second kappa shape index (κ2) is 6.67. The van der Waals surface area contributed by atoms with E-state index >= 15 is 0 Å². The number of hydrogen-bond donors (Lipinski definition) is 0. The van der Waals surface area contributed by atoms with E-state index in [2.05, 4.69) is 22.4 Å². The van der Waals surface area contributed by atoms with E-state index in [1.165, 1.54) is 0 Å². The zero-order valence-electron chi connectivity index (χ0n) is 8.84. The Morgan fingerprint density at radius 2 is 2.19 bits per heavy atom. The summed E-state index contributed by atoms with van der Waals surface area (Å²) < 4.78 is 4.84. The van der Waals surface area contributed by atoms with Crippen molar-refractivity contribution in [1.29, 1.82) is 0 Å². The fourth-order valence-electron chi connectivity index (χ4n) is 1.10. The molecule has 0 saturated carbocycles. The van der Waals surface area contributed by atoms with E-state index in [1.54, 1.807) is 13.0 Å². The summed E-state index contributed by atoms with van der Waals surface area (Å²) in [4.78, 5) is 15.2. The van der Waals surface area contributed by atoms with Gasteiger partial charge in [-0.2, -0.15) is 4.99 Å². The van der Waals surface area contributed by atoms with Crippen LogP contribution in [-0.2, 0) is 9.53 Å². The van der Waals surface area contributed by atoms with E-state index < -0.39 is 5.97 Å². The molecule has 0 unspecified atom stereocenters. The van der Waals surface area contributed by atoms with Crippen LogP contribution in [-0.4, -0.2) is 17.7 Å². The van der Waals surface area contributed by atoms with Gasteiger partial charge in [0, 0.05) is 0 Å². The minimum Gasteiger partial charge on any atom is -0.461 e. The van der Waals surface area contributed by atoms with Crippen molar-refractivity contribution in [3.8, 4) is 0 Å². The lowest BCUT2D eigenvalue weighted by atomic mass is 10.2. The Kier molecular flexibility index (Phi) is 5.12. The summed E-state index contributed by atoms with van der Waals surface area (Å²) in [6, 6.07) is 9.35. The van der Waals surface area contributed by atoms with Gasteiger partial charge in [-0.25, -0.2) is 4.79 Å². The molecule has 1 aromatic rings. The molecule has 0 bridgehead atoms. The van der Waals surface area contributed by atoms with Gasteiger partial charge in [-0.3, -0.25) is 0 Å². The van der Waals surface area contributed by atoms with Gasteiger partial charge in [0.2, 0.25) is 0 Å². The van der Waals surface area contributed by atoms with Crippen molar-refractivity contribution >= 4 is 29.4 Å². The first-order chi connectivity index (χ1) is 7.77. The second-order valence-corrected chi connectivity index (χ2v) is 3.05. The Bertz CT molecular complexity index is 434. The lowest BCUT2D eigenvalue weighted by Gasteiger charge is -2.00. The van der Waals surface area contributed by atoms with Crippen molar-refractivity contribution in [3.63, 3.8) is 0 Å². The van der Waals surface area contributed by atoms with Gasteiger partial charge in [0.1, 0.15) is 0 Å². The zero-order valence-corrected chi connectivity index (χ0v) is 9.66. The summed E-state index contributed by atoms with van der Waals surface area (Å²) in [5, 5.41) is 2.17. The minimum atomic E-state index is -0.497. The first kappa shape index (κ1) is 12.3. The normalized spacial score (nSPS) is 10.4. The van der Waals surface area contributed by atoms with Gasteiger partial charge in [0.25, 0.3) is 0 Å². The number of nitrogens with zero attached hydrogens (tertiary/aromatic N) is 1. The lowest BCUT2D eigenvalue weighted by Crippen LogP contribution is -2.05. The first-order valence-electron chi connectivity index (χ1n) is 4.79. The van der Waals surface area contributed by atoms with E-state index in [1.807, 2.05) is 30.3 Å². The molecule has 0 fully saturated rings. The number of rotatable bonds is 4. The Hall–Kier alpha value is -1.77. The zero-order chi connectivity index (χ0) is 11.8. The van der Waals surface area contributed by atoms with E-state index in [-0.39, 0.29) is 5.70 Å². The van der Waals surface area contributed by atoms with E-state index in [4.69, 9.17) is 4.74 Å². The van der Waals surface area contributed by atoms with Crippen LogP contribution in [0.2, 0.25) is 0 Å². The third kappa shape index (κ3) is 3.77. The van der Waals surface area contributed by atoms with Gasteiger partial charge in [-0.1, -0.05) is 30.3 Å². The van der Waals surface area contributed by atoms with Crippen molar-refractivity contribution in [1.82, 2.24) is 0 Å². The molecule has 16 heavy (non-hydrogen) atoms. The Labute approximate surface area is 99.5 Å². The van der Waals surface area contributed by atoms with E-state index in [0.29, 0.717) is 6.61 Å². The Morgan fingerprint density at radius 3 is 2.75 bits per heavy atom. The number of hydrogen-bond acceptors (Lipinski definition) is 4. The quantitative estimate of drug-likeness (QED) is 0.347. The van der Waals surface area contributed by atoms with Gasteiger partial charge in [0.05, 0.1) is 11.8 Å². The largest absolute Gasteiger partial charge is 0.461 e. The summed E-state index contributed by atoms with van der Waals surface area (Å²) in [7, 11) is 0. The van der Waals surface area contributed by atoms with Gasteiger partial charge in [-0.05, 0) is 30.8 Å². The van der Waals surface area contributed by atoms with Crippen LogP contribution in [0.5, 0.6) is 0 Å². The number of benzene rings is 1. The minimum absolute atomic E-state index is 0.156. The Balaban J connectivity index is 2.98. The van der Waals surface area contributed by atoms with Gasteiger partial charge < -0.3 is 4.74 Å². The predicted octanol–water partition coefficient (Wildman–Crippen LogP) is 2.69. The maximum absolute atomic E-state index is 11.5. The summed E-state index contributed by atoms with van der Waals surface area (Å²) in [5.41, 5.74) is 1.02. The van der Waals surface area contributed by atoms with Crippen LogP contribution in [0.4, 0.5) is 0 Å². The number of aliphatic imine (C=N–C) groups is 1. The molecule has 0 aliphatic carbocycles. The molecule has 0 N–H and O–H groups in total.